The molecule has 9 nitrogen and oxygen atoms in total. The molecule has 1 saturated carbocycles. The maximum absolute atomic E-state index is 14.4. The van der Waals surface area contributed by atoms with Crippen LogP contribution in [0.25, 0.3) is 0 Å². The van der Waals surface area contributed by atoms with E-state index in [1.165, 1.54) is 17.4 Å². The lowest BCUT2D eigenvalue weighted by atomic mass is 9.84. The second-order valence-electron chi connectivity index (χ2n) is 11.7. The fourth-order valence-electron chi connectivity index (χ4n) is 6.06. The van der Waals surface area contributed by atoms with Gasteiger partial charge in [-0.2, -0.15) is 13.2 Å². The van der Waals surface area contributed by atoms with Crippen molar-refractivity contribution in [2.45, 2.75) is 57.8 Å². The van der Waals surface area contributed by atoms with E-state index in [9.17, 15) is 18.0 Å². The Balaban J connectivity index is 1.37. The number of amides is 1. The van der Waals surface area contributed by atoms with E-state index in [0.29, 0.717) is 42.9 Å². The summed E-state index contributed by atoms with van der Waals surface area (Å²) >= 11 is 0. The van der Waals surface area contributed by atoms with Gasteiger partial charge < -0.3 is 19.9 Å². The second-order valence-corrected chi connectivity index (χ2v) is 11.7. The summed E-state index contributed by atoms with van der Waals surface area (Å²) in [5.41, 5.74) is 0.589. The topological polar surface area (TPSA) is 97.2 Å². The van der Waals surface area contributed by atoms with E-state index in [1.807, 2.05) is 31.5 Å². The van der Waals surface area contributed by atoms with Gasteiger partial charge in [-0.25, -0.2) is 4.98 Å². The summed E-state index contributed by atoms with van der Waals surface area (Å²) in [5.74, 6) is 1.59. The summed E-state index contributed by atoms with van der Waals surface area (Å²) in [6.45, 7) is 6.00. The zero-order valence-corrected chi connectivity index (χ0v) is 24.0. The first-order valence-electron chi connectivity index (χ1n) is 14.6. The third kappa shape index (κ3) is 5.37. The molecule has 2 aromatic heterocycles. The highest BCUT2D eigenvalue weighted by atomic mass is 19.4. The first kappa shape index (κ1) is 28.6. The van der Waals surface area contributed by atoms with E-state index in [0.717, 1.165) is 30.8 Å². The molecule has 2 aliphatic heterocycles. The number of hydrogen-bond donors (Lipinski definition) is 2. The molecule has 1 amide bonds. The monoisotopic (exact) mass is 583 g/mol. The maximum Gasteiger partial charge on any atom is 0.416 e. The molecule has 2 atom stereocenters. The molecule has 224 valence electrons. The Bertz CT molecular complexity index is 1470. The van der Waals surface area contributed by atoms with Crippen molar-refractivity contribution in [3.05, 3.63) is 64.2 Å². The normalized spacial score (nSPS) is 18.9. The Kier molecular flexibility index (Phi) is 7.69. The first-order valence-corrected chi connectivity index (χ1v) is 14.6. The molecule has 3 aromatic rings. The fraction of sp³-hybridized carbons (Fsp3) is 0.533. The SMILES string of the molecule is CCNc1cc([C@@H](c2nncn2C)C2COC2)cc(N2Cc3c(cc([C@@H](C)NCC4CCC4)cc3C(F)(F)F)C2=O)n1. The molecule has 0 spiro atoms. The number of nitrogens with one attached hydrogen (secondary N) is 2. The van der Waals surface area contributed by atoms with Crippen LogP contribution in [0.5, 0.6) is 0 Å². The van der Waals surface area contributed by atoms with Gasteiger partial charge in [-0.15, -0.1) is 10.2 Å². The van der Waals surface area contributed by atoms with E-state index >= 15 is 0 Å². The largest absolute Gasteiger partial charge is 0.416 e. The number of aromatic nitrogens is 4. The van der Waals surface area contributed by atoms with Gasteiger partial charge >= 0.3 is 6.18 Å². The number of rotatable bonds is 10. The molecule has 0 bridgehead atoms. The van der Waals surface area contributed by atoms with Crippen LogP contribution in [0.15, 0.2) is 30.6 Å². The molecule has 1 saturated heterocycles. The van der Waals surface area contributed by atoms with Crippen molar-refractivity contribution in [2.75, 3.05) is 36.5 Å². The molecule has 0 unspecified atom stereocenters. The number of alkyl halides is 3. The number of carbonyl (C=O) groups excluding carboxylic acids is 1. The first-order chi connectivity index (χ1) is 20.1. The molecule has 6 rings (SSSR count). The smallest absolute Gasteiger partial charge is 0.381 e. The highest BCUT2D eigenvalue weighted by Crippen LogP contribution is 2.42. The van der Waals surface area contributed by atoms with E-state index in [4.69, 9.17) is 4.74 Å². The van der Waals surface area contributed by atoms with Crippen molar-refractivity contribution in [3.8, 4) is 0 Å². The Labute approximate surface area is 242 Å². The highest BCUT2D eigenvalue weighted by Gasteiger charge is 2.42. The standard InChI is InChI=1S/C30H36F3N7O2/c1-4-34-25-10-20(27(21-14-42-15-21)28-38-36-16-39(28)3)11-26(37-25)40-13-23-22(29(40)41)8-19(9-24(23)30(31,32)33)17(2)35-12-18-6-5-7-18/h8-11,16-18,21,27,35H,4-7,12-15H2,1-3H3,(H,34,37)/t17-,27-/m1/s1. The Morgan fingerprint density at radius 1 is 1.14 bits per heavy atom. The Morgan fingerprint density at radius 3 is 2.52 bits per heavy atom. The minimum Gasteiger partial charge on any atom is -0.381 e. The molecule has 3 aliphatic rings. The van der Waals surface area contributed by atoms with Crippen molar-refractivity contribution >= 4 is 17.5 Å². The minimum absolute atomic E-state index is 0.0168. The summed E-state index contributed by atoms with van der Waals surface area (Å²) < 4.78 is 50.5. The van der Waals surface area contributed by atoms with Gasteiger partial charge in [0, 0.05) is 31.1 Å². The molecule has 2 N–H and O–H groups in total. The lowest BCUT2D eigenvalue weighted by Crippen LogP contribution is -2.35. The number of pyridine rings is 1. The quantitative estimate of drug-likeness (QED) is 0.345. The number of nitrogens with zero attached hydrogens (tertiary/aromatic N) is 5. The van der Waals surface area contributed by atoms with Crippen LogP contribution in [0.3, 0.4) is 0 Å². The number of aryl methyl sites for hydroxylation is 1. The summed E-state index contributed by atoms with van der Waals surface area (Å²) in [5, 5.41) is 15.0. The number of ether oxygens (including phenoxy) is 1. The number of benzene rings is 1. The van der Waals surface area contributed by atoms with Crippen molar-refractivity contribution in [2.24, 2.45) is 18.9 Å². The van der Waals surface area contributed by atoms with Gasteiger partial charge in [0.15, 0.2) is 0 Å². The average molecular weight is 584 g/mol. The van der Waals surface area contributed by atoms with Gasteiger partial charge in [-0.05, 0) is 80.1 Å². The van der Waals surface area contributed by atoms with Crippen LogP contribution < -0.4 is 15.5 Å². The van der Waals surface area contributed by atoms with Gasteiger partial charge in [0.25, 0.3) is 5.91 Å². The van der Waals surface area contributed by atoms with Gasteiger partial charge in [-0.3, -0.25) is 9.69 Å². The molecule has 12 heteroatoms. The second kappa shape index (κ2) is 11.3. The van der Waals surface area contributed by atoms with Gasteiger partial charge in [0.2, 0.25) is 0 Å². The molecule has 4 heterocycles. The van der Waals surface area contributed by atoms with Crippen LogP contribution in [0.2, 0.25) is 0 Å². The third-order valence-corrected chi connectivity index (χ3v) is 8.79. The molecule has 1 aromatic carbocycles. The lowest BCUT2D eigenvalue weighted by Gasteiger charge is -2.34. The number of carbonyl (C=O) groups is 1. The summed E-state index contributed by atoms with van der Waals surface area (Å²) in [7, 11) is 1.87. The number of halogens is 3. The van der Waals surface area contributed by atoms with E-state index in [2.05, 4.69) is 25.8 Å². The van der Waals surface area contributed by atoms with Crippen LogP contribution in [0.4, 0.5) is 24.8 Å². The summed E-state index contributed by atoms with van der Waals surface area (Å²) in [6, 6.07) is 6.20. The Hall–Kier alpha value is -3.51. The van der Waals surface area contributed by atoms with Crippen molar-refractivity contribution < 1.29 is 22.7 Å². The molecule has 42 heavy (non-hydrogen) atoms. The predicted octanol–water partition coefficient (Wildman–Crippen LogP) is 5.05. The summed E-state index contributed by atoms with van der Waals surface area (Å²) in [4.78, 5) is 19.9. The zero-order chi connectivity index (χ0) is 29.6. The third-order valence-electron chi connectivity index (χ3n) is 8.79. The predicted molar refractivity (Wildman–Crippen MR) is 151 cm³/mol. The van der Waals surface area contributed by atoms with Crippen molar-refractivity contribution in [1.29, 1.82) is 0 Å². The van der Waals surface area contributed by atoms with Gasteiger partial charge in [0.05, 0.1) is 31.2 Å². The van der Waals surface area contributed by atoms with Crippen LogP contribution in [-0.2, 0) is 24.5 Å². The van der Waals surface area contributed by atoms with Crippen LogP contribution >= 0.6 is 0 Å². The van der Waals surface area contributed by atoms with Crippen LogP contribution in [-0.4, -0.2) is 52.0 Å². The van der Waals surface area contributed by atoms with E-state index in [1.54, 1.807) is 18.5 Å². The van der Waals surface area contributed by atoms with Crippen molar-refractivity contribution in [3.63, 3.8) is 0 Å². The minimum atomic E-state index is -4.60. The summed E-state index contributed by atoms with van der Waals surface area (Å²) in [6.07, 6.45) is 0.498. The van der Waals surface area contributed by atoms with Crippen LogP contribution in [0.1, 0.15) is 83.5 Å². The molecule has 0 radical (unpaired) electrons. The van der Waals surface area contributed by atoms with Crippen molar-refractivity contribution in [1.82, 2.24) is 25.1 Å². The number of fused-ring (bicyclic) bond motifs is 1. The number of anilines is 2. The van der Waals surface area contributed by atoms with Gasteiger partial charge in [0.1, 0.15) is 23.8 Å². The molecule has 2 fully saturated rings. The van der Waals surface area contributed by atoms with E-state index in [-0.39, 0.29) is 35.5 Å². The highest BCUT2D eigenvalue weighted by molar-refractivity contribution is 6.10. The molecule has 1 aliphatic carbocycles. The molecular formula is C30H36F3N7O2. The Morgan fingerprint density at radius 2 is 1.93 bits per heavy atom. The average Bonchev–Trinajstić information content (AvgIpc) is 3.46. The van der Waals surface area contributed by atoms with Crippen LogP contribution in [0, 0.1) is 11.8 Å². The van der Waals surface area contributed by atoms with E-state index < -0.39 is 17.6 Å². The number of hydrogen-bond acceptors (Lipinski definition) is 7. The fourth-order valence-corrected chi connectivity index (χ4v) is 6.06. The van der Waals surface area contributed by atoms with Gasteiger partial charge in [-0.1, -0.05) is 6.42 Å². The maximum atomic E-state index is 14.4. The lowest BCUT2D eigenvalue weighted by molar-refractivity contribution is -0.138. The zero-order valence-electron chi connectivity index (χ0n) is 24.0. The molecular weight excluding hydrogens is 547 g/mol.